The summed E-state index contributed by atoms with van der Waals surface area (Å²) in [5, 5.41) is 10.5. The third kappa shape index (κ3) is 4.67. The molecule has 6 heteroatoms. The van der Waals surface area contributed by atoms with E-state index in [1.54, 1.807) is 12.1 Å². The van der Waals surface area contributed by atoms with E-state index in [4.69, 9.17) is 23.2 Å². The van der Waals surface area contributed by atoms with Crippen molar-refractivity contribution in [3.05, 3.63) is 63.4 Å². The molecule has 0 aromatic heterocycles. The number of likely N-dealkylation sites (N-methyl/N-ethyl adjacent to an activating group) is 1. The van der Waals surface area contributed by atoms with Crippen LogP contribution < -0.4 is 4.90 Å². The smallest absolute Gasteiger partial charge is 0.143 e. The summed E-state index contributed by atoms with van der Waals surface area (Å²) < 4.78 is 13.4. The van der Waals surface area contributed by atoms with Gasteiger partial charge in [-0.25, -0.2) is 4.39 Å². The predicted molar refractivity (Wildman–Crippen MR) is 92.5 cm³/mol. The number of aliphatic imine (C=N–C) groups is 1. The fraction of sp³-hybridized carbons (Fsp3) is 0.235. The molecule has 0 heterocycles. The van der Waals surface area contributed by atoms with Crippen LogP contribution in [0.3, 0.4) is 0 Å². The van der Waals surface area contributed by atoms with Crippen molar-refractivity contribution in [3.8, 4) is 5.75 Å². The van der Waals surface area contributed by atoms with Gasteiger partial charge in [-0.2, -0.15) is 0 Å². The number of nitrogens with one attached hydrogen (secondary N) is 1. The van der Waals surface area contributed by atoms with Gasteiger partial charge in [0.25, 0.3) is 0 Å². The van der Waals surface area contributed by atoms with E-state index < -0.39 is 0 Å². The molecule has 0 spiro atoms. The lowest BCUT2D eigenvalue weighted by molar-refractivity contribution is -0.890. The second-order valence-corrected chi connectivity index (χ2v) is 6.35. The van der Waals surface area contributed by atoms with Crippen molar-refractivity contribution in [1.29, 1.82) is 0 Å². The fourth-order valence-electron chi connectivity index (χ4n) is 2.29. The van der Waals surface area contributed by atoms with Crippen LogP contribution >= 0.6 is 23.2 Å². The lowest BCUT2D eigenvalue weighted by Gasteiger charge is -2.20. The minimum Gasteiger partial charge on any atom is -0.506 e. The average Bonchev–Trinajstić information content (AvgIpc) is 2.47. The highest BCUT2D eigenvalue weighted by Crippen LogP contribution is 2.30. The van der Waals surface area contributed by atoms with Crippen molar-refractivity contribution in [2.24, 2.45) is 4.99 Å². The largest absolute Gasteiger partial charge is 0.506 e. The number of halogens is 3. The van der Waals surface area contributed by atoms with E-state index in [0.717, 1.165) is 10.5 Å². The number of hydrogen-bond acceptors (Lipinski definition) is 2. The van der Waals surface area contributed by atoms with E-state index in [1.807, 2.05) is 20.2 Å². The van der Waals surface area contributed by atoms with Crippen molar-refractivity contribution >= 4 is 29.4 Å². The Morgan fingerprint density at radius 1 is 1.26 bits per heavy atom. The van der Waals surface area contributed by atoms with Gasteiger partial charge in [0.1, 0.15) is 17.6 Å². The van der Waals surface area contributed by atoms with Crippen LogP contribution in [-0.2, 0) is 0 Å². The quantitative estimate of drug-likeness (QED) is 0.794. The van der Waals surface area contributed by atoms with Crippen LogP contribution in [0.5, 0.6) is 5.75 Å². The molecule has 0 bridgehead atoms. The molecule has 2 aromatic rings. The molecule has 0 radical (unpaired) electrons. The van der Waals surface area contributed by atoms with Gasteiger partial charge in [-0.3, -0.25) is 4.99 Å². The first-order valence-electron chi connectivity index (χ1n) is 7.12. The molecule has 0 aliphatic heterocycles. The Hall–Kier alpha value is -1.62. The number of aromatic hydroxyl groups is 1. The van der Waals surface area contributed by atoms with Gasteiger partial charge in [0.05, 0.1) is 25.7 Å². The lowest BCUT2D eigenvalue weighted by atomic mass is 10.1. The Balaban J connectivity index is 2.19. The molecule has 2 N–H and O–H groups in total. The summed E-state index contributed by atoms with van der Waals surface area (Å²) in [5.74, 6) is -0.323. The number of phenolic OH excluding ortho intramolecular Hbond substituents is 1. The van der Waals surface area contributed by atoms with Crippen LogP contribution in [0.15, 0.2) is 41.4 Å². The topological polar surface area (TPSA) is 37.0 Å². The Labute approximate surface area is 145 Å². The number of rotatable bonds is 5. The van der Waals surface area contributed by atoms with Gasteiger partial charge in [-0.1, -0.05) is 35.3 Å². The molecule has 3 nitrogen and oxygen atoms in total. The number of quaternary nitrogens is 1. The van der Waals surface area contributed by atoms with E-state index >= 15 is 0 Å². The fourth-order valence-corrected chi connectivity index (χ4v) is 2.79. The zero-order chi connectivity index (χ0) is 17.0. The second kappa shape index (κ2) is 7.77. The number of nitrogens with zero attached hydrogens (tertiary/aromatic N) is 1. The van der Waals surface area contributed by atoms with E-state index in [0.29, 0.717) is 17.1 Å². The first-order chi connectivity index (χ1) is 10.9. The van der Waals surface area contributed by atoms with E-state index in [2.05, 4.69) is 4.99 Å². The van der Waals surface area contributed by atoms with Gasteiger partial charge < -0.3 is 10.0 Å². The van der Waals surface area contributed by atoms with E-state index in [-0.39, 0.29) is 22.6 Å². The average molecular weight is 356 g/mol. The Morgan fingerprint density at radius 3 is 2.65 bits per heavy atom. The van der Waals surface area contributed by atoms with Gasteiger partial charge in [0.2, 0.25) is 0 Å². The number of hydrogen-bond donors (Lipinski definition) is 2. The highest BCUT2D eigenvalue weighted by atomic mass is 35.5. The maximum atomic E-state index is 13.4. The molecule has 0 saturated carbocycles. The van der Waals surface area contributed by atoms with Crippen LogP contribution in [0.1, 0.15) is 17.2 Å². The molecular weight excluding hydrogens is 338 g/mol. The Bertz CT molecular complexity index is 720. The second-order valence-electron chi connectivity index (χ2n) is 5.50. The van der Waals surface area contributed by atoms with Gasteiger partial charge in [0, 0.05) is 22.4 Å². The summed E-state index contributed by atoms with van der Waals surface area (Å²) in [4.78, 5) is 5.49. The predicted octanol–water partition coefficient (Wildman–Crippen LogP) is 3.14. The molecule has 0 unspecified atom stereocenters. The number of phenols is 1. The Kier molecular flexibility index (Phi) is 5.99. The maximum Gasteiger partial charge on any atom is 0.143 e. The minimum absolute atomic E-state index is 0.00116. The van der Waals surface area contributed by atoms with Crippen LogP contribution in [0.25, 0.3) is 0 Å². The summed E-state index contributed by atoms with van der Waals surface area (Å²) in [6.07, 6.45) is 1.53. The molecule has 23 heavy (non-hydrogen) atoms. The zero-order valence-electron chi connectivity index (χ0n) is 12.9. The van der Waals surface area contributed by atoms with Gasteiger partial charge >= 0.3 is 0 Å². The van der Waals surface area contributed by atoms with Crippen LogP contribution in [0.2, 0.25) is 10.0 Å². The minimum atomic E-state index is -0.267. The van der Waals surface area contributed by atoms with E-state index in [9.17, 15) is 9.50 Å². The van der Waals surface area contributed by atoms with Crippen molar-refractivity contribution in [2.45, 2.75) is 6.04 Å². The first kappa shape index (κ1) is 17.7. The third-order valence-corrected chi connectivity index (χ3v) is 4.03. The molecule has 0 aliphatic rings. The van der Waals surface area contributed by atoms with Crippen LogP contribution in [0.4, 0.5) is 4.39 Å². The zero-order valence-corrected chi connectivity index (χ0v) is 14.4. The molecular formula is C17H18Cl2FN2O+. The highest BCUT2D eigenvalue weighted by molar-refractivity contribution is 6.36. The summed E-state index contributed by atoms with van der Waals surface area (Å²) >= 11 is 11.8. The first-order valence-corrected chi connectivity index (χ1v) is 7.87. The monoisotopic (exact) mass is 355 g/mol. The van der Waals surface area contributed by atoms with Crippen LogP contribution in [0, 0.1) is 5.82 Å². The molecule has 0 saturated heterocycles. The van der Waals surface area contributed by atoms with Crippen LogP contribution in [-0.4, -0.2) is 32.0 Å². The standard InChI is InChI=1S/C17H17Cl2FN2O/c1-22(2)16(11-4-3-5-14(20)7-11)10-21-9-12-6-13(18)8-15(19)17(12)23/h3-9,16,23H,10H2,1-2H3/p+1/t16-/m0/s1. The van der Waals surface area contributed by atoms with Gasteiger partial charge in [-0.15, -0.1) is 0 Å². The maximum absolute atomic E-state index is 13.4. The Morgan fingerprint density at radius 2 is 2.00 bits per heavy atom. The lowest BCUT2D eigenvalue weighted by Crippen LogP contribution is -3.06. The molecule has 0 amide bonds. The van der Waals surface area contributed by atoms with Crippen molar-refractivity contribution in [2.75, 3.05) is 20.6 Å². The summed E-state index contributed by atoms with van der Waals surface area (Å²) in [7, 11) is 3.97. The van der Waals surface area contributed by atoms with E-state index in [1.165, 1.54) is 24.4 Å². The van der Waals surface area contributed by atoms with Crippen molar-refractivity contribution < 1.29 is 14.4 Å². The third-order valence-electron chi connectivity index (χ3n) is 3.52. The van der Waals surface area contributed by atoms with Gasteiger partial charge in [-0.05, 0) is 24.3 Å². The summed E-state index contributed by atoms with van der Waals surface area (Å²) in [5.41, 5.74) is 1.32. The van der Waals surface area contributed by atoms with Crippen molar-refractivity contribution in [3.63, 3.8) is 0 Å². The molecule has 1 atom stereocenters. The molecule has 2 rings (SSSR count). The number of benzene rings is 2. The normalized spacial score (nSPS) is 13.0. The summed E-state index contributed by atoms with van der Waals surface area (Å²) in [6, 6.07) is 9.55. The van der Waals surface area contributed by atoms with Crippen molar-refractivity contribution in [1.82, 2.24) is 0 Å². The molecule has 122 valence electrons. The van der Waals surface area contributed by atoms with Gasteiger partial charge in [0.15, 0.2) is 0 Å². The highest BCUT2D eigenvalue weighted by Gasteiger charge is 2.17. The SMILES string of the molecule is C[NH+](C)[C@@H](CN=Cc1cc(Cl)cc(Cl)c1O)c1cccc(F)c1. The molecule has 2 aromatic carbocycles. The molecule has 0 fully saturated rings. The molecule has 0 aliphatic carbocycles. The summed E-state index contributed by atoms with van der Waals surface area (Å²) in [6.45, 7) is 0.440.